The topological polar surface area (TPSA) is 86.0 Å². The van der Waals surface area contributed by atoms with Crippen molar-refractivity contribution in [2.45, 2.75) is 24.7 Å². The Morgan fingerprint density at radius 1 is 1.18 bits per heavy atom. The van der Waals surface area contributed by atoms with Gasteiger partial charge < -0.3 is 5.32 Å². The van der Waals surface area contributed by atoms with Crippen molar-refractivity contribution < 1.29 is 9.18 Å². The molecule has 0 aliphatic heterocycles. The number of benzene rings is 1. The maximum atomic E-state index is 13.7. The highest BCUT2D eigenvalue weighted by molar-refractivity contribution is 6.00. The average molecular weight is 382 g/mol. The molecule has 2 heterocycles. The molecule has 7 nitrogen and oxygen atoms in total. The molecule has 1 saturated carbocycles. The number of hydrogen-bond donors (Lipinski definition) is 1. The summed E-state index contributed by atoms with van der Waals surface area (Å²) in [6.07, 6.45) is 3.54. The molecule has 28 heavy (non-hydrogen) atoms. The number of rotatable bonds is 3. The number of fused-ring (bicyclic) bond motifs is 1. The first kappa shape index (κ1) is 18.1. The van der Waals surface area contributed by atoms with E-state index in [0.717, 1.165) is 11.0 Å². The summed E-state index contributed by atoms with van der Waals surface area (Å²) in [5.74, 6) is -0.638. The Bertz CT molecular complexity index is 1220. The molecular formula is C20H19FN4O3. The highest BCUT2D eigenvalue weighted by Gasteiger charge is 2.45. The monoisotopic (exact) mass is 382 g/mol. The van der Waals surface area contributed by atoms with Crippen LogP contribution in [0.1, 0.15) is 24.8 Å². The maximum Gasteiger partial charge on any atom is 0.332 e. The van der Waals surface area contributed by atoms with Crippen molar-refractivity contribution in [3.8, 4) is 0 Å². The predicted molar refractivity (Wildman–Crippen MR) is 103 cm³/mol. The zero-order chi connectivity index (χ0) is 20.1. The van der Waals surface area contributed by atoms with Gasteiger partial charge in [0.25, 0.3) is 5.56 Å². The summed E-state index contributed by atoms with van der Waals surface area (Å²) in [4.78, 5) is 41.7. The van der Waals surface area contributed by atoms with Crippen molar-refractivity contribution in [2.75, 3.05) is 5.32 Å². The molecule has 1 amide bonds. The molecule has 0 unspecified atom stereocenters. The predicted octanol–water partition coefficient (Wildman–Crippen LogP) is 1.83. The first-order valence-electron chi connectivity index (χ1n) is 8.97. The summed E-state index contributed by atoms with van der Waals surface area (Å²) in [7, 11) is 2.92. The summed E-state index contributed by atoms with van der Waals surface area (Å²) in [6, 6.07) is 7.61. The quantitative estimate of drug-likeness (QED) is 0.749. The van der Waals surface area contributed by atoms with Crippen molar-refractivity contribution >= 4 is 22.6 Å². The zero-order valence-electron chi connectivity index (χ0n) is 15.5. The second-order valence-corrected chi connectivity index (χ2v) is 7.20. The van der Waals surface area contributed by atoms with Gasteiger partial charge in [0.2, 0.25) is 5.91 Å². The van der Waals surface area contributed by atoms with E-state index in [1.54, 1.807) is 12.1 Å². The van der Waals surface area contributed by atoms with Crippen molar-refractivity contribution in [3.63, 3.8) is 0 Å². The van der Waals surface area contributed by atoms with Crippen molar-refractivity contribution in [2.24, 2.45) is 14.1 Å². The number of hydrogen-bond acceptors (Lipinski definition) is 4. The lowest BCUT2D eigenvalue weighted by Gasteiger charge is -2.40. The van der Waals surface area contributed by atoms with Crippen molar-refractivity contribution in [1.82, 2.24) is 14.1 Å². The van der Waals surface area contributed by atoms with E-state index in [1.165, 1.54) is 43.1 Å². The lowest BCUT2D eigenvalue weighted by atomic mass is 9.63. The number of aromatic nitrogens is 3. The molecule has 0 saturated heterocycles. The van der Waals surface area contributed by atoms with Crippen LogP contribution in [0, 0.1) is 5.82 Å². The van der Waals surface area contributed by atoms with E-state index < -0.39 is 16.7 Å². The summed E-state index contributed by atoms with van der Waals surface area (Å²) >= 11 is 0. The van der Waals surface area contributed by atoms with Crippen LogP contribution < -0.4 is 16.6 Å². The Hall–Kier alpha value is -3.29. The molecule has 8 heteroatoms. The Labute approximate surface area is 159 Å². The Morgan fingerprint density at radius 3 is 2.57 bits per heavy atom. The molecule has 4 rings (SSSR count). The molecule has 1 aliphatic carbocycles. The largest absolute Gasteiger partial charge is 0.332 e. The fraction of sp³-hybridized carbons (Fsp3) is 0.300. The van der Waals surface area contributed by atoms with Crippen LogP contribution in [0.3, 0.4) is 0 Å². The molecular weight excluding hydrogens is 363 g/mol. The van der Waals surface area contributed by atoms with Crippen LogP contribution in [0.4, 0.5) is 10.1 Å². The molecule has 0 bridgehead atoms. The van der Waals surface area contributed by atoms with Crippen LogP contribution >= 0.6 is 0 Å². The summed E-state index contributed by atoms with van der Waals surface area (Å²) < 4.78 is 15.9. The number of nitrogens with one attached hydrogen (secondary N) is 1. The maximum absolute atomic E-state index is 13.7. The van der Waals surface area contributed by atoms with Crippen LogP contribution in [-0.2, 0) is 24.3 Å². The summed E-state index contributed by atoms with van der Waals surface area (Å²) in [5.41, 5.74) is -0.494. The van der Waals surface area contributed by atoms with E-state index in [4.69, 9.17) is 0 Å². The van der Waals surface area contributed by atoms with Crippen molar-refractivity contribution in [3.05, 3.63) is 68.7 Å². The lowest BCUT2D eigenvalue weighted by Crippen LogP contribution is -2.46. The molecule has 2 aromatic heterocycles. The van der Waals surface area contributed by atoms with Crippen LogP contribution in [0.2, 0.25) is 0 Å². The first-order chi connectivity index (χ1) is 13.3. The minimum absolute atomic E-state index is 0.232. The number of pyridine rings is 1. The van der Waals surface area contributed by atoms with Crippen LogP contribution in [0.5, 0.6) is 0 Å². The van der Waals surface area contributed by atoms with Gasteiger partial charge in [-0.1, -0.05) is 18.6 Å². The van der Waals surface area contributed by atoms with E-state index in [1.807, 2.05) is 0 Å². The lowest BCUT2D eigenvalue weighted by molar-refractivity contribution is -0.124. The average Bonchev–Trinajstić information content (AvgIpc) is 2.64. The third kappa shape index (κ3) is 2.64. The van der Waals surface area contributed by atoms with E-state index >= 15 is 0 Å². The van der Waals surface area contributed by atoms with Gasteiger partial charge in [-0.3, -0.25) is 18.7 Å². The molecule has 1 aliphatic rings. The minimum atomic E-state index is -0.786. The van der Waals surface area contributed by atoms with Crippen molar-refractivity contribution in [1.29, 1.82) is 0 Å². The number of aryl methyl sites for hydroxylation is 1. The molecule has 144 valence electrons. The van der Waals surface area contributed by atoms with Crippen LogP contribution in [0.25, 0.3) is 11.0 Å². The number of carbonyl (C=O) groups is 1. The molecule has 0 atom stereocenters. The molecule has 3 aromatic rings. The van der Waals surface area contributed by atoms with Gasteiger partial charge in [0.05, 0.1) is 22.7 Å². The van der Waals surface area contributed by atoms with Gasteiger partial charge in [-0.15, -0.1) is 0 Å². The number of nitrogens with zero attached hydrogens (tertiary/aromatic N) is 3. The fourth-order valence-electron chi connectivity index (χ4n) is 3.75. The first-order valence-corrected chi connectivity index (χ1v) is 8.97. The molecule has 0 radical (unpaired) electrons. The van der Waals surface area contributed by atoms with E-state index in [0.29, 0.717) is 24.1 Å². The van der Waals surface area contributed by atoms with E-state index in [9.17, 15) is 18.8 Å². The van der Waals surface area contributed by atoms with Gasteiger partial charge >= 0.3 is 5.69 Å². The van der Waals surface area contributed by atoms with Gasteiger partial charge in [-0.2, -0.15) is 0 Å². The smallest absolute Gasteiger partial charge is 0.324 e. The van der Waals surface area contributed by atoms with Gasteiger partial charge in [0.1, 0.15) is 11.5 Å². The number of amides is 1. The molecule has 1 fully saturated rings. The SMILES string of the molecule is Cn1c(=O)c2cc(NC(=O)C3(c4cccc(F)c4)CCC3)cnc2n(C)c1=O. The number of halogens is 1. The Morgan fingerprint density at radius 2 is 1.93 bits per heavy atom. The highest BCUT2D eigenvalue weighted by atomic mass is 19.1. The van der Waals surface area contributed by atoms with E-state index in [-0.39, 0.29) is 22.8 Å². The van der Waals surface area contributed by atoms with E-state index in [2.05, 4.69) is 10.3 Å². The normalized spacial score (nSPS) is 15.2. The number of carbonyl (C=O) groups excluding carboxylic acids is 1. The van der Waals surface area contributed by atoms with Crippen LogP contribution in [-0.4, -0.2) is 20.0 Å². The minimum Gasteiger partial charge on any atom is -0.324 e. The molecule has 0 spiro atoms. The Balaban J connectivity index is 1.73. The van der Waals surface area contributed by atoms with Crippen LogP contribution in [0.15, 0.2) is 46.1 Å². The summed E-state index contributed by atoms with van der Waals surface area (Å²) in [5, 5.41) is 3.05. The molecule has 1 N–H and O–H groups in total. The van der Waals surface area contributed by atoms with Gasteiger partial charge in [0, 0.05) is 14.1 Å². The van der Waals surface area contributed by atoms with Gasteiger partial charge in [0.15, 0.2) is 0 Å². The standard InChI is InChI=1S/C20H19FN4O3/c1-24-16-15(17(26)25(2)19(24)28)10-14(11-22-16)23-18(27)20(7-4-8-20)12-5-3-6-13(21)9-12/h3,5-6,9-11H,4,7-8H2,1-2H3,(H,23,27). The Kier molecular flexibility index (Phi) is 4.14. The number of anilines is 1. The third-order valence-corrected chi connectivity index (χ3v) is 5.57. The van der Waals surface area contributed by atoms with Gasteiger partial charge in [-0.25, -0.2) is 14.2 Å². The second-order valence-electron chi connectivity index (χ2n) is 7.20. The fourth-order valence-corrected chi connectivity index (χ4v) is 3.75. The van der Waals surface area contributed by atoms with Gasteiger partial charge in [-0.05, 0) is 36.6 Å². The summed E-state index contributed by atoms with van der Waals surface area (Å²) in [6.45, 7) is 0. The zero-order valence-corrected chi connectivity index (χ0v) is 15.5. The highest BCUT2D eigenvalue weighted by Crippen LogP contribution is 2.44. The second kappa shape index (κ2) is 6.40. The molecule has 1 aromatic carbocycles. The third-order valence-electron chi connectivity index (χ3n) is 5.57.